The summed E-state index contributed by atoms with van der Waals surface area (Å²) in [4.78, 5) is 66.8. The number of anilines is 2. The van der Waals surface area contributed by atoms with Gasteiger partial charge in [0.1, 0.15) is 5.25 Å². The molecule has 3 amide bonds. The number of nitro groups is 1. The second kappa shape index (κ2) is 12.2. The van der Waals surface area contributed by atoms with Gasteiger partial charge in [-0.1, -0.05) is 41.3 Å². The average molecular weight is 687 g/mol. The fourth-order valence-electron chi connectivity index (χ4n) is 5.52. The summed E-state index contributed by atoms with van der Waals surface area (Å²) in [7, 11) is 1.33. The van der Waals surface area contributed by atoms with E-state index in [1.54, 1.807) is 6.07 Å². The number of para-hydroxylation sites is 1. The van der Waals surface area contributed by atoms with E-state index in [0.717, 1.165) is 40.1 Å². The minimum Gasteiger partial charge on any atom is -0.493 e. The van der Waals surface area contributed by atoms with Gasteiger partial charge in [-0.05, 0) is 42.0 Å². The number of halogens is 3. The minimum absolute atomic E-state index is 0.0704. The quantitative estimate of drug-likeness (QED) is 0.145. The Morgan fingerprint density at radius 2 is 1.77 bits per heavy atom. The van der Waals surface area contributed by atoms with E-state index in [1.807, 2.05) is 0 Å². The molecule has 1 saturated heterocycles. The lowest BCUT2D eigenvalue weighted by atomic mass is 9.83. The maximum Gasteiger partial charge on any atom is 0.418 e. The van der Waals surface area contributed by atoms with Gasteiger partial charge in [0.25, 0.3) is 11.6 Å². The maximum atomic E-state index is 13.9. The molecule has 2 N–H and O–H groups in total. The SMILES string of the molecule is COc1cc([C@@H]2c3sc(=O)[nH]c3S[C@H]3C(=O)N(c4ccc([N+](=O)[O-])cc4)C(=O)[C@@H]23)ccc1OCC(=O)Nc1ccccc1C(F)(F)F. The van der Waals surface area contributed by atoms with Crippen LogP contribution in [0.15, 0.2) is 76.6 Å². The number of alkyl halides is 3. The molecule has 242 valence electrons. The molecular formula is C30H21F3N4O8S2. The molecule has 12 nitrogen and oxygen atoms in total. The first-order valence-electron chi connectivity index (χ1n) is 13.7. The second-order valence-electron chi connectivity index (χ2n) is 10.3. The van der Waals surface area contributed by atoms with Gasteiger partial charge >= 0.3 is 11.0 Å². The number of fused-ring (bicyclic) bond motifs is 2. The molecule has 0 radical (unpaired) electrons. The smallest absolute Gasteiger partial charge is 0.418 e. The molecule has 0 aliphatic carbocycles. The highest BCUT2D eigenvalue weighted by molar-refractivity contribution is 8.00. The molecule has 3 atom stereocenters. The number of nitrogens with zero attached hydrogens (tertiary/aromatic N) is 2. The molecule has 0 unspecified atom stereocenters. The lowest BCUT2D eigenvalue weighted by Gasteiger charge is -2.30. The van der Waals surface area contributed by atoms with Crippen molar-refractivity contribution in [1.82, 2.24) is 4.98 Å². The third-order valence-corrected chi connectivity index (χ3v) is 9.96. The number of aromatic amines is 1. The van der Waals surface area contributed by atoms with Gasteiger partial charge < -0.3 is 19.8 Å². The molecule has 0 saturated carbocycles. The zero-order valence-corrected chi connectivity index (χ0v) is 25.5. The summed E-state index contributed by atoms with van der Waals surface area (Å²) in [6.45, 7) is -0.659. The number of H-pyrrole nitrogens is 1. The van der Waals surface area contributed by atoms with Gasteiger partial charge in [0.05, 0.1) is 39.9 Å². The number of hydrogen-bond donors (Lipinski definition) is 2. The number of thioether (sulfide) groups is 1. The van der Waals surface area contributed by atoms with Crippen LogP contribution in [0.25, 0.3) is 0 Å². The predicted molar refractivity (Wildman–Crippen MR) is 164 cm³/mol. The Labute approximate surface area is 270 Å². The van der Waals surface area contributed by atoms with Crippen molar-refractivity contribution >= 4 is 57.9 Å². The van der Waals surface area contributed by atoms with Crippen LogP contribution in [0.4, 0.5) is 30.2 Å². The zero-order valence-electron chi connectivity index (χ0n) is 23.9. The highest BCUT2D eigenvalue weighted by Crippen LogP contribution is 2.54. The van der Waals surface area contributed by atoms with E-state index < -0.39 is 63.8 Å². The van der Waals surface area contributed by atoms with Gasteiger partial charge in [0, 0.05) is 22.9 Å². The molecule has 1 fully saturated rings. The summed E-state index contributed by atoms with van der Waals surface area (Å²) in [5.41, 5.74) is -1.02. The highest BCUT2D eigenvalue weighted by atomic mass is 32.2. The Morgan fingerprint density at radius 3 is 2.45 bits per heavy atom. The summed E-state index contributed by atoms with van der Waals surface area (Å²) in [5.74, 6) is -3.53. The average Bonchev–Trinajstić information content (AvgIpc) is 3.53. The van der Waals surface area contributed by atoms with Crippen LogP contribution in [0.5, 0.6) is 11.5 Å². The monoisotopic (exact) mass is 686 g/mol. The largest absolute Gasteiger partial charge is 0.493 e. The Kier molecular flexibility index (Phi) is 8.27. The standard InChI is InChI=1S/C30H21F3N4O8S2/c1-44-20-12-14(6-11-19(20)45-13-21(38)34-18-5-3-2-4-17(18)30(31,32)33)22-23-25(46-26-24(22)47-29(41)35-26)28(40)36(27(23)39)15-7-9-16(10-8-15)37(42)43/h2-12,22-23,25H,13H2,1H3,(H,34,38)(H,35,41)/t22-,23-,25+/m0/s1. The normalized spacial score (nSPS) is 18.8. The summed E-state index contributed by atoms with van der Waals surface area (Å²) in [6.07, 6.45) is -4.68. The third kappa shape index (κ3) is 5.94. The Balaban J connectivity index is 1.28. The van der Waals surface area contributed by atoms with E-state index in [0.29, 0.717) is 15.5 Å². The topological polar surface area (TPSA) is 161 Å². The van der Waals surface area contributed by atoms with Crippen LogP contribution in [0.3, 0.4) is 0 Å². The zero-order chi connectivity index (χ0) is 33.6. The van der Waals surface area contributed by atoms with Gasteiger partial charge in [-0.3, -0.25) is 29.3 Å². The van der Waals surface area contributed by atoms with Crippen LogP contribution in [0.1, 0.15) is 21.9 Å². The molecule has 47 heavy (non-hydrogen) atoms. The fraction of sp³-hybridized carbons (Fsp3) is 0.200. The molecule has 3 heterocycles. The van der Waals surface area contributed by atoms with Crippen LogP contribution < -0.4 is 24.6 Å². The molecular weight excluding hydrogens is 665 g/mol. The van der Waals surface area contributed by atoms with Gasteiger partial charge in [0.2, 0.25) is 11.8 Å². The number of carbonyl (C=O) groups is 3. The molecule has 1 aromatic heterocycles. The molecule has 6 rings (SSSR count). The minimum atomic E-state index is -4.68. The Morgan fingerprint density at radius 1 is 1.04 bits per heavy atom. The first-order chi connectivity index (χ1) is 22.4. The van der Waals surface area contributed by atoms with Crippen LogP contribution in [0, 0.1) is 16.0 Å². The van der Waals surface area contributed by atoms with Crippen molar-refractivity contribution in [2.45, 2.75) is 22.4 Å². The highest BCUT2D eigenvalue weighted by Gasteiger charge is 2.56. The van der Waals surface area contributed by atoms with E-state index in [2.05, 4.69) is 10.3 Å². The number of thiazole rings is 1. The summed E-state index contributed by atoms with van der Waals surface area (Å²) >= 11 is 1.95. The van der Waals surface area contributed by atoms with E-state index in [9.17, 15) is 42.5 Å². The number of aromatic nitrogens is 1. The van der Waals surface area contributed by atoms with E-state index in [1.165, 1.54) is 55.6 Å². The number of carbonyl (C=O) groups excluding carboxylic acids is 3. The van der Waals surface area contributed by atoms with Crippen molar-refractivity contribution in [2.24, 2.45) is 5.92 Å². The van der Waals surface area contributed by atoms with Gasteiger partial charge in [-0.15, -0.1) is 0 Å². The van der Waals surface area contributed by atoms with Crippen molar-refractivity contribution in [3.63, 3.8) is 0 Å². The van der Waals surface area contributed by atoms with Crippen molar-refractivity contribution in [1.29, 1.82) is 0 Å². The molecule has 3 aromatic carbocycles. The van der Waals surface area contributed by atoms with Crippen LogP contribution in [-0.4, -0.2) is 46.6 Å². The first kappa shape index (κ1) is 31.8. The van der Waals surface area contributed by atoms with E-state index >= 15 is 0 Å². The van der Waals surface area contributed by atoms with Crippen LogP contribution in [-0.2, 0) is 20.6 Å². The molecule has 0 spiro atoms. The Bertz CT molecular complexity index is 1980. The molecule has 0 bridgehead atoms. The van der Waals surface area contributed by atoms with Gasteiger partial charge in [-0.2, -0.15) is 13.2 Å². The number of non-ortho nitro benzene ring substituents is 1. The lowest BCUT2D eigenvalue weighted by Crippen LogP contribution is -2.32. The number of ether oxygens (including phenoxy) is 2. The van der Waals surface area contributed by atoms with Crippen molar-refractivity contribution < 1.29 is 42.0 Å². The summed E-state index contributed by atoms with van der Waals surface area (Å²) in [6, 6.07) is 14.1. The van der Waals surface area contributed by atoms with Gasteiger partial charge in [-0.25, -0.2) is 4.90 Å². The number of amides is 3. The number of hydrogen-bond acceptors (Lipinski definition) is 10. The number of imide groups is 1. The lowest BCUT2D eigenvalue weighted by molar-refractivity contribution is -0.384. The van der Waals surface area contributed by atoms with Crippen LogP contribution >= 0.6 is 23.1 Å². The molecule has 4 aromatic rings. The van der Waals surface area contributed by atoms with E-state index in [-0.39, 0.29) is 27.7 Å². The maximum absolute atomic E-state index is 13.9. The van der Waals surface area contributed by atoms with Crippen LogP contribution in [0.2, 0.25) is 0 Å². The van der Waals surface area contributed by atoms with Crippen molar-refractivity contribution in [2.75, 3.05) is 23.9 Å². The van der Waals surface area contributed by atoms with Crippen molar-refractivity contribution in [3.8, 4) is 11.5 Å². The second-order valence-corrected chi connectivity index (χ2v) is 12.5. The number of methoxy groups -OCH3 is 1. The first-order valence-corrected chi connectivity index (χ1v) is 15.4. The predicted octanol–water partition coefficient (Wildman–Crippen LogP) is 5.19. The summed E-state index contributed by atoms with van der Waals surface area (Å²) in [5, 5.41) is 12.8. The molecule has 2 aliphatic rings. The fourth-order valence-corrected chi connectivity index (χ4v) is 8.04. The number of nitrogens with one attached hydrogen (secondary N) is 2. The number of rotatable bonds is 8. The van der Waals surface area contributed by atoms with Crippen molar-refractivity contribution in [3.05, 3.63) is 103 Å². The molecule has 17 heteroatoms. The van der Waals surface area contributed by atoms with E-state index in [4.69, 9.17) is 9.47 Å². The third-order valence-electron chi connectivity index (χ3n) is 7.55. The van der Waals surface area contributed by atoms with Gasteiger partial charge in [0.15, 0.2) is 18.1 Å². The number of benzene rings is 3. The molecule has 2 aliphatic heterocycles. The Hall–Kier alpha value is -5.16. The summed E-state index contributed by atoms with van der Waals surface area (Å²) < 4.78 is 51.0. The number of nitro benzene ring substituents is 1.